The minimum atomic E-state index is -0.741. The lowest BCUT2D eigenvalue weighted by Gasteiger charge is -2.27. The summed E-state index contributed by atoms with van der Waals surface area (Å²) in [6.45, 7) is 9.93. The SMILES string of the molecule is CC(=O)c1cc(CCC(=O)NCCC(C)(C)OCCC(C)(C)O)ccc1N. The van der Waals surface area contributed by atoms with Gasteiger partial charge in [0.25, 0.3) is 0 Å². The summed E-state index contributed by atoms with van der Waals surface area (Å²) < 4.78 is 5.81. The highest BCUT2D eigenvalue weighted by molar-refractivity contribution is 5.99. The molecule has 1 aromatic rings. The van der Waals surface area contributed by atoms with E-state index in [4.69, 9.17) is 10.5 Å². The zero-order chi connectivity index (χ0) is 20.7. The van der Waals surface area contributed by atoms with E-state index in [-0.39, 0.29) is 17.3 Å². The normalized spacial score (nSPS) is 12.1. The molecule has 0 aliphatic heterocycles. The van der Waals surface area contributed by atoms with E-state index in [0.717, 1.165) is 5.56 Å². The zero-order valence-electron chi connectivity index (χ0n) is 17.2. The third-order valence-corrected chi connectivity index (χ3v) is 4.39. The number of ketones is 1. The Morgan fingerprint density at radius 2 is 1.85 bits per heavy atom. The molecule has 6 nitrogen and oxygen atoms in total. The maximum absolute atomic E-state index is 12.1. The van der Waals surface area contributed by atoms with Gasteiger partial charge in [-0.15, -0.1) is 0 Å². The number of rotatable bonds is 11. The van der Waals surface area contributed by atoms with Crippen LogP contribution in [0.2, 0.25) is 0 Å². The van der Waals surface area contributed by atoms with Crippen molar-refractivity contribution < 1.29 is 19.4 Å². The van der Waals surface area contributed by atoms with Crippen molar-refractivity contribution in [1.82, 2.24) is 5.32 Å². The first-order chi connectivity index (χ1) is 12.4. The lowest BCUT2D eigenvalue weighted by molar-refractivity contribution is -0.121. The molecule has 1 rings (SSSR count). The fraction of sp³-hybridized carbons (Fsp3) is 0.619. The van der Waals surface area contributed by atoms with Crippen molar-refractivity contribution in [3.05, 3.63) is 29.3 Å². The molecule has 0 aliphatic rings. The van der Waals surface area contributed by atoms with Crippen LogP contribution in [0.25, 0.3) is 0 Å². The highest BCUT2D eigenvalue weighted by Crippen LogP contribution is 2.17. The molecule has 0 spiro atoms. The summed E-state index contributed by atoms with van der Waals surface area (Å²) in [5, 5.41) is 12.6. The van der Waals surface area contributed by atoms with Crippen LogP contribution < -0.4 is 11.1 Å². The summed E-state index contributed by atoms with van der Waals surface area (Å²) >= 11 is 0. The summed E-state index contributed by atoms with van der Waals surface area (Å²) in [4.78, 5) is 23.6. The van der Waals surface area contributed by atoms with Crippen molar-refractivity contribution in [1.29, 1.82) is 0 Å². The highest BCUT2D eigenvalue weighted by atomic mass is 16.5. The van der Waals surface area contributed by atoms with Gasteiger partial charge < -0.3 is 20.9 Å². The maximum Gasteiger partial charge on any atom is 0.220 e. The summed E-state index contributed by atoms with van der Waals surface area (Å²) in [5.74, 6) is -0.117. The molecule has 0 unspecified atom stereocenters. The zero-order valence-corrected chi connectivity index (χ0v) is 17.2. The number of benzene rings is 1. The van der Waals surface area contributed by atoms with Crippen LogP contribution in [-0.2, 0) is 16.0 Å². The van der Waals surface area contributed by atoms with E-state index >= 15 is 0 Å². The van der Waals surface area contributed by atoms with Crippen LogP contribution in [0.1, 0.15) is 69.8 Å². The number of carbonyl (C=O) groups is 2. The van der Waals surface area contributed by atoms with E-state index in [1.54, 1.807) is 26.0 Å². The first kappa shape index (κ1) is 23.1. The quantitative estimate of drug-likeness (QED) is 0.406. The van der Waals surface area contributed by atoms with Gasteiger partial charge in [0.2, 0.25) is 5.91 Å². The second-order valence-corrected chi connectivity index (χ2v) is 8.25. The van der Waals surface area contributed by atoms with Gasteiger partial charge in [-0.1, -0.05) is 6.07 Å². The summed E-state index contributed by atoms with van der Waals surface area (Å²) in [5.41, 5.74) is 6.55. The Kier molecular flexibility index (Phi) is 8.44. The molecule has 27 heavy (non-hydrogen) atoms. The van der Waals surface area contributed by atoms with Crippen molar-refractivity contribution in [2.75, 3.05) is 18.9 Å². The van der Waals surface area contributed by atoms with Crippen LogP contribution in [0.4, 0.5) is 5.69 Å². The van der Waals surface area contributed by atoms with Crippen LogP contribution in [-0.4, -0.2) is 41.2 Å². The molecule has 0 saturated heterocycles. The second-order valence-electron chi connectivity index (χ2n) is 8.25. The number of amides is 1. The van der Waals surface area contributed by atoms with Crippen LogP contribution in [0, 0.1) is 0 Å². The Hall–Kier alpha value is -1.92. The van der Waals surface area contributed by atoms with E-state index in [1.165, 1.54) is 6.92 Å². The lowest BCUT2D eigenvalue weighted by atomic mass is 10.0. The van der Waals surface area contributed by atoms with Gasteiger partial charge in [0.05, 0.1) is 17.8 Å². The fourth-order valence-electron chi connectivity index (χ4n) is 2.56. The van der Waals surface area contributed by atoms with Crippen LogP contribution >= 0.6 is 0 Å². The van der Waals surface area contributed by atoms with Gasteiger partial charge in [0, 0.05) is 24.2 Å². The Bertz CT molecular complexity index is 648. The molecule has 0 radical (unpaired) electrons. The molecule has 4 N–H and O–H groups in total. The first-order valence-corrected chi connectivity index (χ1v) is 9.42. The predicted octanol–water partition coefficient (Wildman–Crippen LogP) is 2.87. The molecule has 0 saturated carbocycles. The van der Waals surface area contributed by atoms with Gasteiger partial charge >= 0.3 is 0 Å². The van der Waals surface area contributed by atoms with Gasteiger partial charge in [0.1, 0.15) is 0 Å². The van der Waals surface area contributed by atoms with Gasteiger partial charge in [-0.2, -0.15) is 0 Å². The molecule has 0 fully saturated rings. The predicted molar refractivity (Wildman–Crippen MR) is 108 cm³/mol. The van der Waals surface area contributed by atoms with Gasteiger partial charge in [0.15, 0.2) is 5.78 Å². The molecule has 0 aromatic heterocycles. The van der Waals surface area contributed by atoms with Crippen molar-refractivity contribution in [2.24, 2.45) is 0 Å². The van der Waals surface area contributed by atoms with Crippen LogP contribution in [0.3, 0.4) is 0 Å². The Labute approximate surface area is 162 Å². The molecule has 1 aromatic carbocycles. The fourth-order valence-corrected chi connectivity index (χ4v) is 2.56. The monoisotopic (exact) mass is 378 g/mol. The largest absolute Gasteiger partial charge is 0.398 e. The maximum atomic E-state index is 12.1. The van der Waals surface area contributed by atoms with E-state index in [9.17, 15) is 14.7 Å². The number of hydrogen-bond donors (Lipinski definition) is 3. The van der Waals surface area contributed by atoms with Gasteiger partial charge in [-0.3, -0.25) is 9.59 Å². The topological polar surface area (TPSA) is 102 Å². The number of hydrogen-bond acceptors (Lipinski definition) is 5. The average Bonchev–Trinajstić information content (AvgIpc) is 2.52. The van der Waals surface area contributed by atoms with Crippen molar-refractivity contribution in [2.45, 2.75) is 71.5 Å². The Balaban J connectivity index is 2.35. The first-order valence-electron chi connectivity index (χ1n) is 9.42. The van der Waals surface area contributed by atoms with Gasteiger partial charge in [-0.25, -0.2) is 0 Å². The third-order valence-electron chi connectivity index (χ3n) is 4.39. The van der Waals surface area contributed by atoms with Crippen LogP contribution in [0.15, 0.2) is 18.2 Å². The second kappa shape index (κ2) is 9.85. The third kappa shape index (κ3) is 9.54. The van der Waals surface area contributed by atoms with Crippen molar-refractivity contribution in [3.8, 4) is 0 Å². The van der Waals surface area contributed by atoms with E-state index in [0.29, 0.717) is 50.1 Å². The molecule has 0 bridgehead atoms. The Morgan fingerprint density at radius 1 is 1.19 bits per heavy atom. The minimum Gasteiger partial charge on any atom is -0.398 e. The number of aliphatic hydroxyl groups is 1. The average molecular weight is 379 g/mol. The van der Waals surface area contributed by atoms with E-state index in [1.807, 2.05) is 19.9 Å². The van der Waals surface area contributed by atoms with E-state index in [2.05, 4.69) is 5.32 Å². The number of nitrogens with one attached hydrogen (secondary N) is 1. The number of aryl methyl sites for hydroxylation is 1. The number of ether oxygens (including phenoxy) is 1. The highest BCUT2D eigenvalue weighted by Gasteiger charge is 2.20. The molecule has 152 valence electrons. The van der Waals surface area contributed by atoms with Crippen molar-refractivity contribution >= 4 is 17.4 Å². The molecule has 0 aliphatic carbocycles. The number of nitrogens with two attached hydrogens (primary N) is 1. The van der Waals surface area contributed by atoms with Gasteiger partial charge in [-0.05, 0) is 71.6 Å². The minimum absolute atomic E-state index is 0.0384. The lowest BCUT2D eigenvalue weighted by Crippen LogP contribution is -2.34. The molecule has 6 heteroatoms. The summed E-state index contributed by atoms with van der Waals surface area (Å²) in [6, 6.07) is 5.30. The molecule has 0 heterocycles. The Morgan fingerprint density at radius 3 is 2.44 bits per heavy atom. The smallest absolute Gasteiger partial charge is 0.220 e. The molecular formula is C21H34N2O4. The van der Waals surface area contributed by atoms with Crippen molar-refractivity contribution in [3.63, 3.8) is 0 Å². The number of Topliss-reactive ketones (excluding diaryl/α,β-unsaturated/α-hetero) is 1. The molecular weight excluding hydrogens is 344 g/mol. The molecule has 1 amide bonds. The van der Waals surface area contributed by atoms with E-state index < -0.39 is 5.60 Å². The number of carbonyl (C=O) groups excluding carboxylic acids is 2. The number of anilines is 1. The summed E-state index contributed by atoms with van der Waals surface area (Å²) in [6.07, 6.45) is 2.15. The summed E-state index contributed by atoms with van der Waals surface area (Å²) in [7, 11) is 0. The van der Waals surface area contributed by atoms with Crippen LogP contribution in [0.5, 0.6) is 0 Å². The standard InChI is InChI=1S/C21H34N2O4/c1-15(24)17-14-16(6-8-18(17)22)7-9-19(25)23-12-10-21(4,5)27-13-11-20(2,3)26/h6,8,14,26H,7,9-13,22H2,1-5H3,(H,23,25). The number of nitrogen functional groups attached to an aromatic ring is 1. The molecule has 0 atom stereocenters.